The van der Waals surface area contributed by atoms with Gasteiger partial charge in [-0.3, -0.25) is 4.79 Å². The van der Waals surface area contributed by atoms with E-state index in [1.54, 1.807) is 6.21 Å². The molecular formula is C29H27N3O2. The van der Waals surface area contributed by atoms with Crippen LogP contribution in [0.15, 0.2) is 96.1 Å². The number of hydrogen-bond donors (Lipinski definition) is 1. The standard InChI is InChI=1S/C29H27N3O2/c33-29(24-13-15-27(16-14-24)32-17-5-6-18-32)31-30-20-26-9-3-4-10-28(26)34-21-22-11-12-23-7-1-2-8-25(23)19-22/h1-4,7-16,19-20H,5-6,17-18,21H2,(H,31,33)/b30-20-. The van der Waals surface area contributed by atoms with Crippen molar-refractivity contribution < 1.29 is 9.53 Å². The summed E-state index contributed by atoms with van der Waals surface area (Å²) in [5.74, 6) is 0.474. The summed E-state index contributed by atoms with van der Waals surface area (Å²) in [7, 11) is 0. The zero-order valence-corrected chi connectivity index (χ0v) is 19.0. The molecule has 4 aromatic carbocycles. The third kappa shape index (κ3) is 5.09. The topological polar surface area (TPSA) is 53.9 Å². The van der Waals surface area contributed by atoms with Gasteiger partial charge in [-0.25, -0.2) is 5.43 Å². The van der Waals surface area contributed by atoms with Gasteiger partial charge in [0.25, 0.3) is 5.91 Å². The quantitative estimate of drug-likeness (QED) is 0.287. The van der Waals surface area contributed by atoms with Crippen molar-refractivity contribution in [3.8, 4) is 5.75 Å². The molecule has 0 unspecified atom stereocenters. The largest absolute Gasteiger partial charge is 0.488 e. The molecule has 5 heteroatoms. The first-order valence-electron chi connectivity index (χ1n) is 11.6. The maximum absolute atomic E-state index is 12.5. The van der Waals surface area contributed by atoms with Crippen LogP contribution in [0, 0.1) is 0 Å². The molecule has 1 saturated heterocycles. The maximum Gasteiger partial charge on any atom is 0.271 e. The van der Waals surface area contributed by atoms with Crippen LogP contribution in [0.3, 0.4) is 0 Å². The van der Waals surface area contributed by atoms with E-state index in [0.29, 0.717) is 17.9 Å². The Morgan fingerprint density at radius 3 is 2.44 bits per heavy atom. The maximum atomic E-state index is 12.5. The van der Waals surface area contributed by atoms with Gasteiger partial charge in [0.2, 0.25) is 0 Å². The molecule has 5 nitrogen and oxygen atoms in total. The van der Waals surface area contributed by atoms with Crippen LogP contribution >= 0.6 is 0 Å². The molecule has 0 spiro atoms. The Bertz CT molecular complexity index is 1310. The Labute approximate surface area is 199 Å². The molecule has 34 heavy (non-hydrogen) atoms. The van der Waals surface area contributed by atoms with Crippen LogP contribution in [0.25, 0.3) is 10.8 Å². The second kappa shape index (κ2) is 10.2. The lowest BCUT2D eigenvalue weighted by molar-refractivity contribution is 0.0955. The molecule has 0 bridgehead atoms. The van der Waals surface area contributed by atoms with Crippen molar-refractivity contribution in [1.82, 2.24) is 5.43 Å². The van der Waals surface area contributed by atoms with Crippen LogP contribution in [-0.2, 0) is 6.61 Å². The summed E-state index contributed by atoms with van der Waals surface area (Å²) in [5, 5.41) is 6.56. The van der Waals surface area contributed by atoms with E-state index in [9.17, 15) is 4.79 Å². The third-order valence-electron chi connectivity index (χ3n) is 6.10. The van der Waals surface area contributed by atoms with Gasteiger partial charge in [-0.2, -0.15) is 5.10 Å². The highest BCUT2D eigenvalue weighted by Crippen LogP contribution is 2.21. The number of anilines is 1. The van der Waals surface area contributed by atoms with Gasteiger partial charge < -0.3 is 9.64 Å². The summed E-state index contributed by atoms with van der Waals surface area (Å²) in [6, 6.07) is 30.0. The molecule has 1 fully saturated rings. The summed E-state index contributed by atoms with van der Waals surface area (Å²) < 4.78 is 6.07. The second-order valence-electron chi connectivity index (χ2n) is 8.45. The third-order valence-corrected chi connectivity index (χ3v) is 6.10. The molecule has 4 aromatic rings. The molecule has 0 saturated carbocycles. The number of hydrogen-bond acceptors (Lipinski definition) is 4. The zero-order chi connectivity index (χ0) is 23.2. The monoisotopic (exact) mass is 449 g/mol. The van der Waals surface area contributed by atoms with Crippen molar-refractivity contribution in [2.24, 2.45) is 5.10 Å². The molecule has 1 aliphatic rings. The average molecular weight is 450 g/mol. The van der Waals surface area contributed by atoms with Crippen molar-refractivity contribution in [3.05, 3.63) is 108 Å². The fraction of sp³-hybridized carbons (Fsp3) is 0.172. The van der Waals surface area contributed by atoms with Crippen molar-refractivity contribution in [2.75, 3.05) is 18.0 Å². The Morgan fingerprint density at radius 1 is 0.882 bits per heavy atom. The predicted octanol–water partition coefficient (Wildman–Crippen LogP) is 5.78. The SMILES string of the molecule is O=C(N/N=C\c1ccccc1OCc1ccc2ccccc2c1)c1ccc(N2CCCC2)cc1. The van der Waals surface area contributed by atoms with E-state index in [-0.39, 0.29) is 5.91 Å². The first-order chi connectivity index (χ1) is 16.8. The summed E-state index contributed by atoms with van der Waals surface area (Å²) in [5.41, 5.74) is 6.26. The molecule has 170 valence electrons. The highest BCUT2D eigenvalue weighted by molar-refractivity contribution is 5.95. The van der Waals surface area contributed by atoms with E-state index < -0.39 is 0 Å². The Morgan fingerprint density at radius 2 is 1.62 bits per heavy atom. The van der Waals surface area contributed by atoms with Crippen LogP contribution in [0.5, 0.6) is 5.75 Å². The van der Waals surface area contributed by atoms with Crippen LogP contribution in [0.4, 0.5) is 5.69 Å². The lowest BCUT2D eigenvalue weighted by atomic mass is 10.1. The van der Waals surface area contributed by atoms with Gasteiger partial charge in [0.15, 0.2) is 0 Å². The Kier molecular flexibility index (Phi) is 6.52. The number of nitrogens with one attached hydrogen (secondary N) is 1. The van der Waals surface area contributed by atoms with Gasteiger partial charge >= 0.3 is 0 Å². The van der Waals surface area contributed by atoms with Crippen LogP contribution in [-0.4, -0.2) is 25.2 Å². The number of carbonyl (C=O) groups excluding carboxylic acids is 1. The number of hydrazone groups is 1. The lowest BCUT2D eigenvalue weighted by Crippen LogP contribution is -2.19. The number of carbonyl (C=O) groups is 1. The minimum Gasteiger partial charge on any atom is -0.488 e. The average Bonchev–Trinajstić information content (AvgIpc) is 3.43. The molecule has 1 N–H and O–H groups in total. The Balaban J connectivity index is 1.20. The molecule has 0 aromatic heterocycles. The van der Waals surface area contributed by atoms with Gasteiger partial charge in [-0.15, -0.1) is 0 Å². The van der Waals surface area contributed by atoms with Crippen LogP contribution < -0.4 is 15.1 Å². The van der Waals surface area contributed by atoms with E-state index >= 15 is 0 Å². The number of nitrogens with zero attached hydrogens (tertiary/aromatic N) is 2. The molecule has 5 rings (SSSR count). The summed E-state index contributed by atoms with van der Waals surface area (Å²) in [6.07, 6.45) is 4.07. The Hall–Kier alpha value is -4.12. The molecular weight excluding hydrogens is 422 g/mol. The molecule has 1 heterocycles. The lowest BCUT2D eigenvalue weighted by Gasteiger charge is -2.17. The summed E-state index contributed by atoms with van der Waals surface area (Å²) in [4.78, 5) is 14.8. The van der Waals surface area contributed by atoms with Gasteiger partial charge in [0.05, 0.1) is 6.21 Å². The number of ether oxygens (including phenoxy) is 1. The van der Waals surface area contributed by atoms with Gasteiger partial charge in [0, 0.05) is 29.9 Å². The minimum atomic E-state index is -0.237. The molecule has 0 aliphatic carbocycles. The number of fused-ring (bicyclic) bond motifs is 1. The molecule has 1 aliphatic heterocycles. The highest BCUT2D eigenvalue weighted by atomic mass is 16.5. The van der Waals surface area contributed by atoms with Crippen molar-refractivity contribution in [3.63, 3.8) is 0 Å². The van der Waals surface area contributed by atoms with Crippen molar-refractivity contribution >= 4 is 28.6 Å². The van der Waals surface area contributed by atoms with Gasteiger partial charge in [0.1, 0.15) is 12.4 Å². The molecule has 1 amide bonds. The number of benzene rings is 4. The van der Waals surface area contributed by atoms with E-state index in [4.69, 9.17) is 4.74 Å². The fourth-order valence-electron chi connectivity index (χ4n) is 4.23. The van der Waals surface area contributed by atoms with Gasteiger partial charge in [-0.1, -0.05) is 48.5 Å². The number of amides is 1. The van der Waals surface area contributed by atoms with E-state index in [1.165, 1.54) is 23.6 Å². The first kappa shape index (κ1) is 21.7. The zero-order valence-electron chi connectivity index (χ0n) is 19.0. The van der Waals surface area contributed by atoms with E-state index in [1.807, 2.05) is 60.7 Å². The normalized spacial score (nSPS) is 13.5. The fourth-order valence-corrected chi connectivity index (χ4v) is 4.23. The van der Waals surface area contributed by atoms with Gasteiger partial charge in [-0.05, 0) is 71.6 Å². The van der Waals surface area contributed by atoms with E-state index in [2.05, 4.69) is 45.8 Å². The van der Waals surface area contributed by atoms with Crippen molar-refractivity contribution in [1.29, 1.82) is 0 Å². The van der Waals surface area contributed by atoms with Crippen LogP contribution in [0.1, 0.15) is 34.3 Å². The van der Waals surface area contributed by atoms with Crippen molar-refractivity contribution in [2.45, 2.75) is 19.4 Å². The summed E-state index contributed by atoms with van der Waals surface area (Å²) >= 11 is 0. The smallest absolute Gasteiger partial charge is 0.271 e. The first-order valence-corrected chi connectivity index (χ1v) is 11.6. The number of para-hydroxylation sites is 1. The van der Waals surface area contributed by atoms with Crippen LogP contribution in [0.2, 0.25) is 0 Å². The number of rotatable bonds is 7. The molecule has 0 atom stereocenters. The summed E-state index contributed by atoms with van der Waals surface area (Å²) in [6.45, 7) is 2.61. The predicted molar refractivity (Wildman–Crippen MR) is 138 cm³/mol. The molecule has 0 radical (unpaired) electrons. The van der Waals surface area contributed by atoms with E-state index in [0.717, 1.165) is 29.9 Å². The highest BCUT2D eigenvalue weighted by Gasteiger charge is 2.13. The minimum absolute atomic E-state index is 0.237. The second-order valence-corrected chi connectivity index (χ2v) is 8.45.